The van der Waals surface area contributed by atoms with Gasteiger partial charge in [0.05, 0.1) is 37.5 Å². The predicted octanol–water partition coefficient (Wildman–Crippen LogP) is 1.63. The predicted molar refractivity (Wildman–Crippen MR) is 92.8 cm³/mol. The Bertz CT molecular complexity index is 734. The van der Waals surface area contributed by atoms with E-state index in [0.29, 0.717) is 24.7 Å². The lowest BCUT2D eigenvalue weighted by atomic mass is 10.1. The number of hydrogen-bond donors (Lipinski definition) is 1. The van der Waals surface area contributed by atoms with E-state index in [1.807, 2.05) is 0 Å². The van der Waals surface area contributed by atoms with Crippen molar-refractivity contribution in [2.75, 3.05) is 36.5 Å². The number of anilines is 2. The van der Waals surface area contributed by atoms with Crippen LogP contribution in [0.4, 0.5) is 11.4 Å². The molecule has 1 amide bonds. The minimum absolute atomic E-state index is 0.0909. The first kappa shape index (κ1) is 16.0. The first-order chi connectivity index (χ1) is 12.3. The highest BCUT2D eigenvalue weighted by atomic mass is 16.5. The Morgan fingerprint density at radius 3 is 2.80 bits per heavy atom. The third-order valence-corrected chi connectivity index (χ3v) is 4.82. The molecule has 8 nitrogen and oxygen atoms in total. The number of morpholine rings is 1. The number of nitrogens with one attached hydrogen (secondary N) is 1. The molecule has 2 aliphatic rings. The van der Waals surface area contributed by atoms with E-state index in [9.17, 15) is 4.79 Å². The maximum atomic E-state index is 12.3. The number of carbonyl (C=O) groups is 1. The Morgan fingerprint density at radius 2 is 2.00 bits per heavy atom. The summed E-state index contributed by atoms with van der Waals surface area (Å²) in [4.78, 5) is 23.0. The fourth-order valence-electron chi connectivity index (χ4n) is 3.46. The van der Waals surface area contributed by atoms with Crippen LogP contribution < -0.4 is 10.2 Å². The van der Waals surface area contributed by atoms with Gasteiger partial charge in [-0.15, -0.1) is 0 Å². The van der Waals surface area contributed by atoms with Gasteiger partial charge in [0.15, 0.2) is 5.82 Å². The van der Waals surface area contributed by atoms with E-state index in [-0.39, 0.29) is 11.8 Å². The van der Waals surface area contributed by atoms with Crippen molar-refractivity contribution < 1.29 is 9.53 Å². The molecule has 8 heteroatoms. The van der Waals surface area contributed by atoms with Gasteiger partial charge in [0.25, 0.3) is 0 Å². The summed E-state index contributed by atoms with van der Waals surface area (Å²) in [6, 6.07) is 0. The lowest BCUT2D eigenvalue weighted by molar-refractivity contribution is -0.119. The molecular weight excluding hydrogens is 320 g/mol. The molecular formula is C17H22N6O2. The number of ether oxygens (including phenoxy) is 1. The molecule has 1 saturated heterocycles. The zero-order valence-electron chi connectivity index (χ0n) is 14.1. The quantitative estimate of drug-likeness (QED) is 0.909. The topological polar surface area (TPSA) is 85.2 Å². The summed E-state index contributed by atoms with van der Waals surface area (Å²) in [6.45, 7) is 2.98. The Labute approximate surface area is 146 Å². The van der Waals surface area contributed by atoms with Gasteiger partial charge in [-0.25, -0.2) is 14.6 Å². The molecule has 0 spiro atoms. The molecule has 2 aromatic rings. The molecule has 1 saturated carbocycles. The van der Waals surface area contributed by atoms with Crippen molar-refractivity contribution in [2.45, 2.75) is 25.7 Å². The molecule has 1 aliphatic carbocycles. The van der Waals surface area contributed by atoms with Crippen LogP contribution in [-0.2, 0) is 9.53 Å². The summed E-state index contributed by atoms with van der Waals surface area (Å²) < 4.78 is 7.10. The van der Waals surface area contributed by atoms with Gasteiger partial charge in [-0.05, 0) is 12.8 Å². The maximum absolute atomic E-state index is 12.3. The Kier molecular flexibility index (Phi) is 4.60. The summed E-state index contributed by atoms with van der Waals surface area (Å²) in [5.74, 6) is 0.928. The maximum Gasteiger partial charge on any atom is 0.227 e. The average Bonchev–Trinajstić information content (AvgIpc) is 3.34. The smallest absolute Gasteiger partial charge is 0.227 e. The minimum atomic E-state index is 0.0909. The average molecular weight is 342 g/mol. The zero-order valence-corrected chi connectivity index (χ0v) is 14.1. The van der Waals surface area contributed by atoms with E-state index in [1.54, 1.807) is 23.3 Å². The molecule has 0 atom stereocenters. The number of hydrogen-bond acceptors (Lipinski definition) is 6. The van der Waals surface area contributed by atoms with E-state index in [2.05, 4.69) is 25.3 Å². The molecule has 1 aliphatic heterocycles. The van der Waals surface area contributed by atoms with E-state index < -0.39 is 0 Å². The molecule has 2 aromatic heterocycles. The fourth-order valence-corrected chi connectivity index (χ4v) is 3.46. The summed E-state index contributed by atoms with van der Waals surface area (Å²) in [5.41, 5.74) is 1.62. The molecule has 2 fully saturated rings. The molecule has 0 radical (unpaired) electrons. The van der Waals surface area contributed by atoms with Crippen LogP contribution in [-0.4, -0.2) is 52.0 Å². The summed E-state index contributed by atoms with van der Waals surface area (Å²) in [7, 11) is 0. The molecule has 0 unspecified atom stereocenters. The Morgan fingerprint density at radius 1 is 1.20 bits per heavy atom. The van der Waals surface area contributed by atoms with Crippen LogP contribution in [0, 0.1) is 5.92 Å². The van der Waals surface area contributed by atoms with Crippen LogP contribution >= 0.6 is 0 Å². The second-order valence-electron chi connectivity index (χ2n) is 6.48. The standard InChI is InChI=1S/C17H22N6O2/c24-17(13-3-1-2-4-13)21-14-9-20-23(11-14)16-15(10-18-12-19-16)22-5-7-25-8-6-22/h9-13H,1-8H2,(H,21,24). The minimum Gasteiger partial charge on any atom is -0.378 e. The van der Waals surface area contributed by atoms with Crippen LogP contribution in [0.1, 0.15) is 25.7 Å². The van der Waals surface area contributed by atoms with Gasteiger partial charge in [0, 0.05) is 19.0 Å². The molecule has 3 heterocycles. The summed E-state index contributed by atoms with van der Waals surface area (Å²) in [5, 5.41) is 7.35. The highest BCUT2D eigenvalue weighted by molar-refractivity contribution is 5.92. The van der Waals surface area contributed by atoms with Gasteiger partial charge < -0.3 is 15.0 Å². The third-order valence-electron chi connectivity index (χ3n) is 4.82. The van der Waals surface area contributed by atoms with E-state index in [0.717, 1.165) is 44.5 Å². The highest BCUT2D eigenvalue weighted by Crippen LogP contribution is 2.26. The third kappa shape index (κ3) is 3.48. The SMILES string of the molecule is O=C(Nc1cnn(-c2ncncc2N2CCOCC2)c1)C1CCCC1. The van der Waals surface area contributed by atoms with Crippen molar-refractivity contribution >= 4 is 17.3 Å². The van der Waals surface area contributed by atoms with Crippen molar-refractivity contribution in [3.05, 3.63) is 24.9 Å². The lowest BCUT2D eigenvalue weighted by Gasteiger charge is -2.29. The normalized spacial score (nSPS) is 18.5. The van der Waals surface area contributed by atoms with Gasteiger partial charge in [-0.2, -0.15) is 5.10 Å². The van der Waals surface area contributed by atoms with Crippen LogP contribution in [0.3, 0.4) is 0 Å². The van der Waals surface area contributed by atoms with Crippen molar-refractivity contribution in [1.29, 1.82) is 0 Å². The van der Waals surface area contributed by atoms with Crippen LogP contribution in [0.5, 0.6) is 0 Å². The Hall–Kier alpha value is -2.48. The number of aromatic nitrogens is 4. The second kappa shape index (κ2) is 7.18. The monoisotopic (exact) mass is 342 g/mol. The highest BCUT2D eigenvalue weighted by Gasteiger charge is 2.23. The number of rotatable bonds is 4. The zero-order chi connectivity index (χ0) is 17.1. The molecule has 0 aromatic carbocycles. The number of nitrogens with zero attached hydrogens (tertiary/aromatic N) is 5. The van der Waals surface area contributed by atoms with Gasteiger partial charge >= 0.3 is 0 Å². The number of carbonyl (C=O) groups excluding carboxylic acids is 1. The van der Waals surface area contributed by atoms with E-state index in [4.69, 9.17) is 4.74 Å². The van der Waals surface area contributed by atoms with Crippen LogP contribution in [0.2, 0.25) is 0 Å². The summed E-state index contributed by atoms with van der Waals surface area (Å²) in [6.07, 6.45) is 11.0. The summed E-state index contributed by atoms with van der Waals surface area (Å²) >= 11 is 0. The van der Waals surface area contributed by atoms with Crippen molar-refractivity contribution in [3.8, 4) is 5.82 Å². The largest absolute Gasteiger partial charge is 0.378 e. The molecule has 1 N–H and O–H groups in total. The lowest BCUT2D eigenvalue weighted by Crippen LogP contribution is -2.37. The van der Waals surface area contributed by atoms with Gasteiger partial charge in [-0.1, -0.05) is 12.8 Å². The van der Waals surface area contributed by atoms with Crippen LogP contribution in [0.25, 0.3) is 5.82 Å². The van der Waals surface area contributed by atoms with Crippen molar-refractivity contribution in [3.63, 3.8) is 0 Å². The molecule has 25 heavy (non-hydrogen) atoms. The fraction of sp³-hybridized carbons (Fsp3) is 0.529. The van der Waals surface area contributed by atoms with Crippen LogP contribution in [0.15, 0.2) is 24.9 Å². The first-order valence-electron chi connectivity index (χ1n) is 8.80. The first-order valence-corrected chi connectivity index (χ1v) is 8.80. The van der Waals surface area contributed by atoms with E-state index in [1.165, 1.54) is 6.33 Å². The molecule has 132 valence electrons. The number of amides is 1. The van der Waals surface area contributed by atoms with Crippen molar-refractivity contribution in [1.82, 2.24) is 19.7 Å². The van der Waals surface area contributed by atoms with Gasteiger partial charge in [-0.3, -0.25) is 4.79 Å². The second-order valence-corrected chi connectivity index (χ2v) is 6.48. The molecule has 4 rings (SSSR count). The van der Waals surface area contributed by atoms with Gasteiger partial charge in [0.1, 0.15) is 12.0 Å². The van der Waals surface area contributed by atoms with E-state index >= 15 is 0 Å². The van der Waals surface area contributed by atoms with Crippen molar-refractivity contribution in [2.24, 2.45) is 5.92 Å². The molecule has 0 bridgehead atoms. The van der Waals surface area contributed by atoms with Gasteiger partial charge in [0.2, 0.25) is 5.91 Å². The Balaban J connectivity index is 1.52.